The summed E-state index contributed by atoms with van der Waals surface area (Å²) in [5, 5.41) is 0. The lowest BCUT2D eigenvalue weighted by Gasteiger charge is -1.96. The van der Waals surface area contributed by atoms with Crippen molar-refractivity contribution in [2.45, 2.75) is 0 Å². The Labute approximate surface area is 113 Å². The summed E-state index contributed by atoms with van der Waals surface area (Å²) in [6.45, 7) is 3.48. The Bertz CT molecular complexity index is 633. The van der Waals surface area contributed by atoms with Crippen molar-refractivity contribution < 1.29 is 0 Å². The zero-order chi connectivity index (χ0) is 13.3. The van der Waals surface area contributed by atoms with Crippen molar-refractivity contribution in [3.63, 3.8) is 0 Å². The molecule has 19 heavy (non-hydrogen) atoms. The highest BCUT2D eigenvalue weighted by atomic mass is 14.8. The Morgan fingerprint density at radius 2 is 1.58 bits per heavy atom. The lowest BCUT2D eigenvalue weighted by atomic mass is 10.2. The van der Waals surface area contributed by atoms with Crippen molar-refractivity contribution >= 4 is 29.5 Å². The van der Waals surface area contributed by atoms with Crippen LogP contribution in [0.25, 0.3) is 6.08 Å². The molecular formula is C17H14N2. The van der Waals surface area contributed by atoms with Crippen LogP contribution in [0.1, 0.15) is 5.56 Å². The monoisotopic (exact) mass is 246 g/mol. The van der Waals surface area contributed by atoms with Crippen LogP contribution >= 0.6 is 0 Å². The number of para-hydroxylation sites is 2. The minimum absolute atomic E-state index is 0.766. The van der Waals surface area contributed by atoms with Gasteiger partial charge in [-0.3, -0.25) is 4.99 Å². The van der Waals surface area contributed by atoms with Crippen molar-refractivity contribution in [3.05, 3.63) is 72.8 Å². The van der Waals surface area contributed by atoms with Crippen LogP contribution in [0, 0.1) is 0 Å². The number of nitrogens with zero attached hydrogens (tertiary/aromatic N) is 2. The molecule has 0 bridgehead atoms. The van der Waals surface area contributed by atoms with E-state index in [0.717, 1.165) is 16.9 Å². The molecule has 2 heteroatoms. The Balaban J connectivity index is 2.11. The van der Waals surface area contributed by atoms with Crippen LogP contribution in [0.3, 0.4) is 0 Å². The van der Waals surface area contributed by atoms with Gasteiger partial charge in [0, 0.05) is 6.21 Å². The molecule has 0 aliphatic rings. The molecule has 2 nitrogen and oxygen atoms in total. The Kier molecular flexibility index (Phi) is 4.63. The Morgan fingerprint density at radius 3 is 2.32 bits per heavy atom. The lowest BCUT2D eigenvalue weighted by Crippen LogP contribution is -1.71. The molecule has 0 saturated heterocycles. The van der Waals surface area contributed by atoms with E-state index < -0.39 is 0 Å². The molecule has 2 rings (SSSR count). The zero-order valence-corrected chi connectivity index (χ0v) is 10.5. The van der Waals surface area contributed by atoms with Crippen LogP contribution in [-0.4, -0.2) is 12.1 Å². The van der Waals surface area contributed by atoms with Gasteiger partial charge in [-0.25, -0.2) is 4.99 Å². The average Bonchev–Trinajstić information content (AvgIpc) is 2.47. The number of hydrogen-bond acceptors (Lipinski definition) is 2. The zero-order valence-electron chi connectivity index (χ0n) is 10.5. The van der Waals surface area contributed by atoms with E-state index in [1.54, 1.807) is 6.21 Å². The first-order valence-electron chi connectivity index (χ1n) is 5.98. The van der Waals surface area contributed by atoms with E-state index in [0.29, 0.717) is 0 Å². The maximum absolute atomic E-state index is 4.37. The lowest BCUT2D eigenvalue weighted by molar-refractivity contribution is 1.47. The van der Waals surface area contributed by atoms with Gasteiger partial charge in [0.1, 0.15) is 0 Å². The van der Waals surface area contributed by atoms with Gasteiger partial charge in [0.25, 0.3) is 0 Å². The van der Waals surface area contributed by atoms with Crippen LogP contribution in [0.2, 0.25) is 0 Å². The molecule has 0 fully saturated rings. The van der Waals surface area contributed by atoms with Gasteiger partial charge < -0.3 is 0 Å². The number of allylic oxidation sites excluding steroid dienone is 1. The first-order chi connectivity index (χ1) is 9.40. The first kappa shape index (κ1) is 12.7. The second-order valence-corrected chi connectivity index (χ2v) is 3.81. The second-order valence-electron chi connectivity index (χ2n) is 3.81. The molecule has 0 N–H and O–H groups in total. The van der Waals surface area contributed by atoms with E-state index in [1.807, 2.05) is 66.7 Å². The Morgan fingerprint density at radius 1 is 0.895 bits per heavy atom. The van der Waals surface area contributed by atoms with Crippen LogP contribution < -0.4 is 0 Å². The summed E-state index contributed by atoms with van der Waals surface area (Å²) in [5.74, 6) is 2.52. The van der Waals surface area contributed by atoms with Crippen molar-refractivity contribution in [2.24, 2.45) is 9.98 Å². The van der Waals surface area contributed by atoms with Crippen molar-refractivity contribution in [1.82, 2.24) is 0 Å². The van der Waals surface area contributed by atoms with E-state index in [2.05, 4.69) is 22.4 Å². The molecular weight excluding hydrogens is 232 g/mol. The van der Waals surface area contributed by atoms with Crippen LogP contribution in [-0.2, 0) is 0 Å². The molecule has 2 aromatic carbocycles. The van der Waals surface area contributed by atoms with Gasteiger partial charge >= 0.3 is 0 Å². The Hall–Kier alpha value is -2.70. The summed E-state index contributed by atoms with van der Waals surface area (Å²) in [6, 6.07) is 17.7. The fourth-order valence-electron chi connectivity index (χ4n) is 1.59. The molecule has 0 aliphatic heterocycles. The van der Waals surface area contributed by atoms with E-state index >= 15 is 0 Å². The highest BCUT2D eigenvalue weighted by molar-refractivity contribution is 5.82. The van der Waals surface area contributed by atoms with Gasteiger partial charge in [-0.2, -0.15) is 0 Å². The average molecular weight is 246 g/mol. The SMILES string of the molecule is C=C=Nc1ccccc1N=C/C=C/c1ccccc1. The number of benzene rings is 2. The highest BCUT2D eigenvalue weighted by Gasteiger charge is 1.94. The summed E-state index contributed by atoms with van der Waals surface area (Å²) >= 11 is 0. The minimum Gasteiger partial charge on any atom is -0.255 e. The quantitative estimate of drug-likeness (QED) is 0.705. The van der Waals surface area contributed by atoms with Gasteiger partial charge in [0.05, 0.1) is 11.4 Å². The van der Waals surface area contributed by atoms with Gasteiger partial charge in [0.2, 0.25) is 0 Å². The summed E-state index contributed by atoms with van der Waals surface area (Å²) in [7, 11) is 0. The predicted molar refractivity (Wildman–Crippen MR) is 82.8 cm³/mol. The molecule has 0 amide bonds. The molecule has 92 valence electrons. The van der Waals surface area contributed by atoms with Crippen molar-refractivity contribution in [1.29, 1.82) is 0 Å². The minimum atomic E-state index is 0.766. The van der Waals surface area contributed by atoms with Crippen LogP contribution in [0.4, 0.5) is 11.4 Å². The van der Waals surface area contributed by atoms with Gasteiger partial charge in [0.15, 0.2) is 0 Å². The summed E-state index contributed by atoms with van der Waals surface area (Å²) in [4.78, 5) is 8.41. The first-order valence-corrected chi connectivity index (χ1v) is 5.98. The van der Waals surface area contributed by atoms with Crippen molar-refractivity contribution in [2.75, 3.05) is 0 Å². The summed E-state index contributed by atoms with van der Waals surface area (Å²) in [6.07, 6.45) is 5.66. The molecule has 0 spiro atoms. The van der Waals surface area contributed by atoms with Crippen LogP contribution in [0.5, 0.6) is 0 Å². The topological polar surface area (TPSA) is 24.7 Å². The molecule has 0 radical (unpaired) electrons. The molecule has 0 heterocycles. The number of aliphatic imine (C=N–C) groups is 2. The van der Waals surface area contributed by atoms with Crippen molar-refractivity contribution in [3.8, 4) is 0 Å². The normalized spacial score (nSPS) is 10.7. The molecule has 0 aliphatic carbocycles. The summed E-state index contributed by atoms with van der Waals surface area (Å²) < 4.78 is 0. The third kappa shape index (κ3) is 3.91. The van der Waals surface area contributed by atoms with E-state index in [1.165, 1.54) is 0 Å². The standard InChI is InChI=1S/C17H14N2/c1-2-18-16-12-6-7-13-17(16)19-14-8-11-15-9-4-3-5-10-15/h3-14H,1H2/b11-8+,19-14?. The number of hydrogen-bond donors (Lipinski definition) is 0. The van der Waals surface area contributed by atoms with Gasteiger partial charge in [-0.15, -0.1) is 0 Å². The number of rotatable bonds is 4. The fourth-order valence-corrected chi connectivity index (χ4v) is 1.59. The highest BCUT2D eigenvalue weighted by Crippen LogP contribution is 2.26. The smallest absolute Gasteiger partial charge is 0.0985 e. The van der Waals surface area contributed by atoms with E-state index in [9.17, 15) is 0 Å². The predicted octanol–water partition coefficient (Wildman–Crippen LogP) is 4.59. The summed E-state index contributed by atoms with van der Waals surface area (Å²) in [5.41, 5.74) is 2.71. The molecule has 0 unspecified atom stereocenters. The van der Waals surface area contributed by atoms with Gasteiger partial charge in [-0.05, 0) is 36.2 Å². The van der Waals surface area contributed by atoms with E-state index in [-0.39, 0.29) is 0 Å². The third-order valence-electron chi connectivity index (χ3n) is 2.47. The molecule has 2 aromatic rings. The second kappa shape index (κ2) is 6.90. The van der Waals surface area contributed by atoms with Gasteiger partial charge in [-0.1, -0.05) is 48.5 Å². The largest absolute Gasteiger partial charge is 0.255 e. The van der Waals surface area contributed by atoms with E-state index in [4.69, 9.17) is 0 Å². The third-order valence-corrected chi connectivity index (χ3v) is 2.47. The molecule has 0 aromatic heterocycles. The fraction of sp³-hybridized carbons (Fsp3) is 0. The maximum atomic E-state index is 4.37. The molecule has 0 atom stereocenters. The maximum Gasteiger partial charge on any atom is 0.0985 e. The van der Waals surface area contributed by atoms with Crippen LogP contribution in [0.15, 0.2) is 77.2 Å². The molecule has 0 saturated carbocycles.